The summed E-state index contributed by atoms with van der Waals surface area (Å²) >= 11 is 0. The van der Waals surface area contributed by atoms with E-state index in [9.17, 15) is 4.79 Å². The first-order valence-corrected chi connectivity index (χ1v) is 7.00. The highest BCUT2D eigenvalue weighted by molar-refractivity contribution is 5.95. The van der Waals surface area contributed by atoms with E-state index in [4.69, 9.17) is 9.47 Å². The Morgan fingerprint density at radius 3 is 2.83 bits per heavy atom. The van der Waals surface area contributed by atoms with E-state index in [1.807, 2.05) is 6.07 Å². The zero-order valence-electron chi connectivity index (χ0n) is 12.8. The van der Waals surface area contributed by atoms with Gasteiger partial charge in [-0.05, 0) is 29.8 Å². The van der Waals surface area contributed by atoms with Crippen LogP contribution in [0.15, 0.2) is 42.9 Å². The van der Waals surface area contributed by atoms with E-state index in [0.717, 1.165) is 5.56 Å². The Balaban J connectivity index is 1.76. The lowest BCUT2D eigenvalue weighted by Gasteiger charge is -2.10. The highest BCUT2D eigenvalue weighted by Crippen LogP contribution is 2.27. The normalized spacial score (nSPS) is 10.5. The van der Waals surface area contributed by atoms with Gasteiger partial charge in [-0.25, -0.2) is 9.50 Å². The minimum absolute atomic E-state index is 0.145. The van der Waals surface area contributed by atoms with Crippen LogP contribution in [-0.4, -0.2) is 34.7 Å². The van der Waals surface area contributed by atoms with Crippen molar-refractivity contribution in [3.63, 3.8) is 0 Å². The molecule has 1 aromatic carbocycles. The number of fused-ring (bicyclic) bond motifs is 1. The third-order valence-corrected chi connectivity index (χ3v) is 3.39. The summed E-state index contributed by atoms with van der Waals surface area (Å²) in [6.07, 6.45) is 3.43. The van der Waals surface area contributed by atoms with Gasteiger partial charge in [-0.2, -0.15) is 5.10 Å². The van der Waals surface area contributed by atoms with Crippen molar-refractivity contribution in [1.82, 2.24) is 14.6 Å². The maximum absolute atomic E-state index is 12.3. The zero-order chi connectivity index (χ0) is 16.2. The molecule has 2 heterocycles. The summed E-state index contributed by atoms with van der Waals surface area (Å²) in [5, 5.41) is 6.89. The number of hydrogen-bond acceptors (Lipinski definition) is 5. The van der Waals surface area contributed by atoms with Gasteiger partial charge in [0, 0.05) is 6.20 Å². The first-order valence-electron chi connectivity index (χ1n) is 7.00. The second kappa shape index (κ2) is 6.35. The molecule has 7 heteroatoms. The molecule has 0 aliphatic heterocycles. The summed E-state index contributed by atoms with van der Waals surface area (Å²) in [4.78, 5) is 16.4. The number of carbonyl (C=O) groups is 1. The molecule has 0 aliphatic carbocycles. The number of benzene rings is 1. The lowest BCUT2D eigenvalue weighted by Crippen LogP contribution is -2.15. The summed E-state index contributed by atoms with van der Waals surface area (Å²) in [7, 11) is 3.14. The molecule has 1 N–H and O–H groups in total. The topological polar surface area (TPSA) is 77.8 Å². The lowest BCUT2D eigenvalue weighted by molar-refractivity contribution is -0.115. The Morgan fingerprint density at radius 1 is 1.22 bits per heavy atom. The number of methoxy groups -OCH3 is 2. The van der Waals surface area contributed by atoms with E-state index in [-0.39, 0.29) is 12.3 Å². The van der Waals surface area contributed by atoms with Gasteiger partial charge < -0.3 is 14.8 Å². The Kier molecular flexibility index (Phi) is 4.09. The number of nitrogens with zero attached hydrogens (tertiary/aromatic N) is 3. The van der Waals surface area contributed by atoms with Gasteiger partial charge in [0.25, 0.3) is 0 Å². The molecule has 0 fully saturated rings. The molecule has 0 bridgehead atoms. The van der Waals surface area contributed by atoms with Gasteiger partial charge in [-0.3, -0.25) is 4.79 Å². The molecule has 118 valence electrons. The van der Waals surface area contributed by atoms with E-state index >= 15 is 0 Å². The van der Waals surface area contributed by atoms with Crippen molar-refractivity contribution in [2.24, 2.45) is 0 Å². The SMILES string of the molecule is COc1ccc(CC(=O)Nc2cccn3ncnc23)cc1OC. The number of rotatable bonds is 5. The number of hydrogen-bond donors (Lipinski definition) is 1. The van der Waals surface area contributed by atoms with Crippen molar-refractivity contribution in [2.75, 3.05) is 19.5 Å². The third kappa shape index (κ3) is 3.08. The predicted molar refractivity (Wildman–Crippen MR) is 84.9 cm³/mol. The van der Waals surface area contributed by atoms with Gasteiger partial charge in [-0.1, -0.05) is 6.07 Å². The number of nitrogens with one attached hydrogen (secondary N) is 1. The molecule has 3 rings (SSSR count). The molecule has 3 aromatic rings. The van der Waals surface area contributed by atoms with Crippen LogP contribution in [0.25, 0.3) is 5.65 Å². The molecule has 0 unspecified atom stereocenters. The highest BCUT2D eigenvalue weighted by atomic mass is 16.5. The van der Waals surface area contributed by atoms with Crippen molar-refractivity contribution in [3.8, 4) is 11.5 Å². The Hall–Kier alpha value is -3.09. The standard InChI is InChI=1S/C16H16N4O3/c1-22-13-6-5-11(8-14(13)23-2)9-15(21)19-12-4-3-7-20-16(12)17-10-18-20/h3-8,10H,9H2,1-2H3,(H,19,21). The molecule has 0 aliphatic rings. The summed E-state index contributed by atoms with van der Waals surface area (Å²) in [6, 6.07) is 8.99. The van der Waals surface area contributed by atoms with Crippen LogP contribution in [0, 0.1) is 0 Å². The number of carbonyl (C=O) groups excluding carboxylic acids is 1. The fourth-order valence-electron chi connectivity index (χ4n) is 2.32. The predicted octanol–water partition coefficient (Wildman–Crippen LogP) is 1.93. The molecule has 0 saturated heterocycles. The minimum atomic E-state index is -0.145. The van der Waals surface area contributed by atoms with Gasteiger partial charge in [0.05, 0.1) is 26.3 Å². The van der Waals surface area contributed by atoms with Crippen molar-refractivity contribution in [3.05, 3.63) is 48.4 Å². The molecule has 0 atom stereocenters. The molecular weight excluding hydrogens is 296 g/mol. The second-order valence-corrected chi connectivity index (χ2v) is 4.86. The Bertz CT molecular complexity index is 844. The number of aromatic nitrogens is 3. The molecule has 0 saturated carbocycles. The van der Waals surface area contributed by atoms with Crippen LogP contribution < -0.4 is 14.8 Å². The van der Waals surface area contributed by atoms with Gasteiger partial charge in [0.15, 0.2) is 17.1 Å². The number of pyridine rings is 1. The van der Waals surface area contributed by atoms with E-state index in [1.165, 1.54) is 6.33 Å². The number of ether oxygens (including phenoxy) is 2. The van der Waals surface area contributed by atoms with E-state index in [1.54, 1.807) is 49.2 Å². The van der Waals surface area contributed by atoms with E-state index < -0.39 is 0 Å². The Morgan fingerprint density at radius 2 is 2.04 bits per heavy atom. The van der Waals surface area contributed by atoms with Gasteiger partial charge in [0.1, 0.15) is 6.33 Å². The smallest absolute Gasteiger partial charge is 0.228 e. The zero-order valence-corrected chi connectivity index (χ0v) is 12.8. The van der Waals surface area contributed by atoms with Crippen LogP contribution in [-0.2, 0) is 11.2 Å². The van der Waals surface area contributed by atoms with Gasteiger partial charge in [0.2, 0.25) is 5.91 Å². The molecule has 1 amide bonds. The molecule has 0 spiro atoms. The summed E-state index contributed by atoms with van der Waals surface area (Å²) < 4.78 is 12.0. The van der Waals surface area contributed by atoms with Crippen LogP contribution in [0.5, 0.6) is 11.5 Å². The average molecular weight is 312 g/mol. The summed E-state index contributed by atoms with van der Waals surface area (Å²) in [5.41, 5.74) is 2.05. The molecular formula is C16H16N4O3. The van der Waals surface area contributed by atoms with Crippen molar-refractivity contribution in [1.29, 1.82) is 0 Å². The quantitative estimate of drug-likeness (QED) is 0.779. The van der Waals surface area contributed by atoms with Crippen LogP contribution in [0.4, 0.5) is 5.69 Å². The molecule has 23 heavy (non-hydrogen) atoms. The average Bonchev–Trinajstić information content (AvgIpc) is 3.04. The molecule has 0 radical (unpaired) electrons. The largest absolute Gasteiger partial charge is 0.493 e. The monoisotopic (exact) mass is 312 g/mol. The minimum Gasteiger partial charge on any atom is -0.493 e. The van der Waals surface area contributed by atoms with Gasteiger partial charge >= 0.3 is 0 Å². The second-order valence-electron chi connectivity index (χ2n) is 4.86. The van der Waals surface area contributed by atoms with Crippen LogP contribution in [0.3, 0.4) is 0 Å². The lowest BCUT2D eigenvalue weighted by atomic mass is 10.1. The molecule has 2 aromatic heterocycles. The Labute approximate surface area is 132 Å². The number of amides is 1. The van der Waals surface area contributed by atoms with Crippen molar-refractivity contribution >= 4 is 17.2 Å². The van der Waals surface area contributed by atoms with Crippen LogP contribution in [0.1, 0.15) is 5.56 Å². The first-order chi connectivity index (χ1) is 11.2. The van der Waals surface area contributed by atoms with Crippen LogP contribution in [0.2, 0.25) is 0 Å². The van der Waals surface area contributed by atoms with E-state index in [2.05, 4.69) is 15.4 Å². The summed E-state index contributed by atoms with van der Waals surface area (Å²) in [5.74, 6) is 1.08. The maximum atomic E-state index is 12.3. The molecule has 7 nitrogen and oxygen atoms in total. The number of anilines is 1. The first kappa shape index (κ1) is 14.8. The summed E-state index contributed by atoms with van der Waals surface area (Å²) in [6.45, 7) is 0. The van der Waals surface area contributed by atoms with Crippen LogP contribution >= 0.6 is 0 Å². The fraction of sp³-hybridized carbons (Fsp3) is 0.188. The van der Waals surface area contributed by atoms with Gasteiger partial charge in [-0.15, -0.1) is 0 Å². The highest BCUT2D eigenvalue weighted by Gasteiger charge is 2.10. The third-order valence-electron chi connectivity index (χ3n) is 3.39. The van der Waals surface area contributed by atoms with E-state index in [0.29, 0.717) is 22.8 Å². The van der Waals surface area contributed by atoms with Crippen molar-refractivity contribution in [2.45, 2.75) is 6.42 Å². The maximum Gasteiger partial charge on any atom is 0.228 e. The van der Waals surface area contributed by atoms with Crippen molar-refractivity contribution < 1.29 is 14.3 Å². The fourth-order valence-corrected chi connectivity index (χ4v) is 2.32.